The highest BCUT2D eigenvalue weighted by atomic mass is 19.1. The molecular weight excluding hydrogens is 419 g/mol. The lowest BCUT2D eigenvalue weighted by Gasteiger charge is -2.25. The quantitative estimate of drug-likeness (QED) is 0.676. The van der Waals surface area contributed by atoms with Crippen molar-refractivity contribution in [2.75, 3.05) is 44.5 Å². The van der Waals surface area contributed by atoms with Gasteiger partial charge >= 0.3 is 6.03 Å². The van der Waals surface area contributed by atoms with E-state index in [9.17, 15) is 18.8 Å². The number of likely N-dealkylation sites (N-methyl/N-ethyl adjacent to an activating group) is 1. The number of rotatable bonds is 7. The van der Waals surface area contributed by atoms with Crippen LogP contribution in [0.15, 0.2) is 36.7 Å². The predicted octanol–water partition coefficient (Wildman–Crippen LogP) is 1.93. The van der Waals surface area contributed by atoms with Crippen LogP contribution in [0.1, 0.15) is 19.4 Å². The SMILES string of the molecule is CC(=O)Nc1cnn([C@H]2C[C@@H](COCC(=O)N(C)C)N(C(=O)Nc3cccc(F)c3)C2)c1. The molecule has 1 aromatic carbocycles. The van der Waals surface area contributed by atoms with Crippen molar-refractivity contribution in [3.63, 3.8) is 0 Å². The van der Waals surface area contributed by atoms with Crippen molar-refractivity contribution in [1.82, 2.24) is 19.6 Å². The van der Waals surface area contributed by atoms with Crippen LogP contribution in [0.2, 0.25) is 0 Å². The molecule has 1 aliphatic rings. The predicted molar refractivity (Wildman–Crippen MR) is 116 cm³/mol. The van der Waals surface area contributed by atoms with Gasteiger partial charge in [-0.15, -0.1) is 0 Å². The summed E-state index contributed by atoms with van der Waals surface area (Å²) >= 11 is 0. The number of nitrogens with zero attached hydrogens (tertiary/aromatic N) is 4. The number of likely N-dealkylation sites (tertiary alicyclic amines) is 1. The van der Waals surface area contributed by atoms with E-state index in [0.717, 1.165) is 0 Å². The van der Waals surface area contributed by atoms with Crippen LogP contribution in [0.5, 0.6) is 0 Å². The van der Waals surface area contributed by atoms with E-state index in [1.165, 1.54) is 36.2 Å². The van der Waals surface area contributed by atoms with Gasteiger partial charge in [0.05, 0.1) is 30.6 Å². The van der Waals surface area contributed by atoms with Gasteiger partial charge in [-0.25, -0.2) is 9.18 Å². The Bertz CT molecular complexity index is 979. The number of halogens is 1. The van der Waals surface area contributed by atoms with Crippen LogP contribution in [0.4, 0.5) is 20.6 Å². The van der Waals surface area contributed by atoms with Gasteiger partial charge in [-0.3, -0.25) is 14.3 Å². The van der Waals surface area contributed by atoms with E-state index in [-0.39, 0.29) is 37.1 Å². The molecule has 1 aliphatic heterocycles. The number of urea groups is 1. The lowest BCUT2D eigenvalue weighted by Crippen LogP contribution is -2.41. The maximum absolute atomic E-state index is 13.5. The maximum atomic E-state index is 13.5. The summed E-state index contributed by atoms with van der Waals surface area (Å²) < 4.78 is 20.8. The second-order valence-electron chi connectivity index (χ2n) is 7.83. The Balaban J connectivity index is 1.71. The van der Waals surface area contributed by atoms with Gasteiger partial charge in [0.15, 0.2) is 0 Å². The summed E-state index contributed by atoms with van der Waals surface area (Å²) in [5, 5.41) is 9.68. The second kappa shape index (κ2) is 10.2. The number of carbonyl (C=O) groups is 3. The van der Waals surface area contributed by atoms with Crippen molar-refractivity contribution in [2.45, 2.75) is 25.4 Å². The fraction of sp³-hybridized carbons (Fsp3) is 0.429. The third kappa shape index (κ3) is 6.03. The Kier molecular flexibility index (Phi) is 7.41. The molecule has 4 amide bonds. The van der Waals surface area contributed by atoms with Crippen molar-refractivity contribution in [3.8, 4) is 0 Å². The van der Waals surface area contributed by atoms with Crippen LogP contribution in [-0.2, 0) is 14.3 Å². The van der Waals surface area contributed by atoms with E-state index in [1.54, 1.807) is 35.9 Å². The standard InChI is InChI=1S/C21H27FN6O4/c1-14(29)24-17-9-23-28(10-17)18-8-19(12-32-13-20(30)26(2)3)27(11-18)21(31)25-16-6-4-5-15(22)7-16/h4-7,9-10,18-19H,8,11-13H2,1-3H3,(H,24,29)(H,25,31)/t18-,19-/m0/s1. The van der Waals surface area contributed by atoms with Crippen molar-refractivity contribution >= 4 is 29.2 Å². The Morgan fingerprint density at radius 2 is 2.03 bits per heavy atom. The minimum atomic E-state index is -0.453. The first-order valence-electron chi connectivity index (χ1n) is 10.2. The van der Waals surface area contributed by atoms with E-state index in [2.05, 4.69) is 15.7 Å². The number of hydrogen-bond acceptors (Lipinski definition) is 5. The van der Waals surface area contributed by atoms with Crippen LogP contribution >= 0.6 is 0 Å². The lowest BCUT2D eigenvalue weighted by atomic mass is 10.2. The zero-order chi connectivity index (χ0) is 23.3. The van der Waals surface area contributed by atoms with Gasteiger partial charge < -0.3 is 25.2 Å². The first-order valence-corrected chi connectivity index (χ1v) is 10.2. The largest absolute Gasteiger partial charge is 0.369 e. The first-order chi connectivity index (χ1) is 15.2. The van der Waals surface area contributed by atoms with E-state index in [1.807, 2.05) is 0 Å². The van der Waals surface area contributed by atoms with Gasteiger partial charge in [-0.05, 0) is 24.6 Å². The van der Waals surface area contributed by atoms with Crippen LogP contribution in [0.3, 0.4) is 0 Å². The molecule has 1 saturated heterocycles. The minimum Gasteiger partial charge on any atom is -0.369 e. The van der Waals surface area contributed by atoms with Gasteiger partial charge in [0.1, 0.15) is 12.4 Å². The molecule has 0 saturated carbocycles. The van der Waals surface area contributed by atoms with Gasteiger partial charge in [0.2, 0.25) is 11.8 Å². The molecule has 172 valence electrons. The molecule has 11 heteroatoms. The van der Waals surface area contributed by atoms with Crippen molar-refractivity contribution in [3.05, 3.63) is 42.5 Å². The second-order valence-corrected chi connectivity index (χ2v) is 7.83. The number of hydrogen-bond donors (Lipinski definition) is 2. The molecule has 2 atom stereocenters. The Morgan fingerprint density at radius 3 is 2.72 bits per heavy atom. The number of benzene rings is 1. The maximum Gasteiger partial charge on any atom is 0.322 e. The molecule has 0 bridgehead atoms. The molecular formula is C21H27FN6O4. The first kappa shape index (κ1) is 23.2. The molecule has 2 heterocycles. The summed E-state index contributed by atoms with van der Waals surface area (Å²) in [7, 11) is 3.28. The monoisotopic (exact) mass is 446 g/mol. The normalized spacial score (nSPS) is 17.8. The van der Waals surface area contributed by atoms with Crippen molar-refractivity contribution in [2.24, 2.45) is 0 Å². The van der Waals surface area contributed by atoms with Crippen LogP contribution in [0, 0.1) is 5.82 Å². The molecule has 0 spiro atoms. The molecule has 1 aromatic heterocycles. The van der Waals surface area contributed by atoms with E-state index >= 15 is 0 Å². The lowest BCUT2D eigenvalue weighted by molar-refractivity contribution is -0.133. The summed E-state index contributed by atoms with van der Waals surface area (Å²) in [6, 6.07) is 4.76. The molecule has 32 heavy (non-hydrogen) atoms. The third-order valence-electron chi connectivity index (χ3n) is 5.06. The summed E-state index contributed by atoms with van der Waals surface area (Å²) in [6.45, 7) is 1.81. The molecule has 10 nitrogen and oxygen atoms in total. The van der Waals surface area contributed by atoms with Gasteiger partial charge in [0.25, 0.3) is 0 Å². The van der Waals surface area contributed by atoms with Crippen LogP contribution in [0.25, 0.3) is 0 Å². The Labute approximate surface area is 185 Å². The van der Waals surface area contributed by atoms with E-state index in [0.29, 0.717) is 24.3 Å². The molecule has 0 radical (unpaired) electrons. The summed E-state index contributed by atoms with van der Waals surface area (Å²) in [4.78, 5) is 39.0. The summed E-state index contributed by atoms with van der Waals surface area (Å²) in [5.41, 5.74) is 0.900. The molecule has 0 aliphatic carbocycles. The number of aromatic nitrogens is 2. The minimum absolute atomic E-state index is 0.0953. The number of ether oxygens (including phenoxy) is 1. The van der Waals surface area contributed by atoms with Gasteiger partial charge in [0, 0.05) is 39.4 Å². The summed E-state index contributed by atoms with van der Waals surface area (Å²) in [6.07, 6.45) is 3.78. The number of nitrogens with one attached hydrogen (secondary N) is 2. The Hall–Kier alpha value is -3.47. The smallest absolute Gasteiger partial charge is 0.322 e. The topological polar surface area (TPSA) is 109 Å². The number of amides is 4. The van der Waals surface area contributed by atoms with E-state index in [4.69, 9.17) is 4.74 Å². The molecule has 0 unspecified atom stereocenters. The van der Waals surface area contributed by atoms with E-state index < -0.39 is 11.8 Å². The zero-order valence-corrected chi connectivity index (χ0v) is 18.2. The highest BCUT2D eigenvalue weighted by molar-refractivity contribution is 5.90. The highest BCUT2D eigenvalue weighted by Crippen LogP contribution is 2.29. The Morgan fingerprint density at radius 1 is 1.25 bits per heavy atom. The van der Waals surface area contributed by atoms with Crippen LogP contribution in [-0.4, -0.2) is 77.3 Å². The number of carbonyl (C=O) groups excluding carboxylic acids is 3. The molecule has 2 N–H and O–H groups in total. The van der Waals surface area contributed by atoms with Crippen molar-refractivity contribution < 1.29 is 23.5 Å². The average Bonchev–Trinajstić information content (AvgIpc) is 3.34. The molecule has 1 fully saturated rings. The third-order valence-corrected chi connectivity index (χ3v) is 5.06. The average molecular weight is 446 g/mol. The zero-order valence-electron chi connectivity index (χ0n) is 18.2. The van der Waals surface area contributed by atoms with Gasteiger partial charge in [-0.2, -0.15) is 5.10 Å². The van der Waals surface area contributed by atoms with Crippen molar-refractivity contribution in [1.29, 1.82) is 0 Å². The molecule has 2 aromatic rings. The summed E-state index contributed by atoms with van der Waals surface area (Å²) in [5.74, 6) is -0.836. The van der Waals surface area contributed by atoms with Crippen LogP contribution < -0.4 is 10.6 Å². The highest BCUT2D eigenvalue weighted by Gasteiger charge is 2.37. The fourth-order valence-corrected chi connectivity index (χ4v) is 3.47. The van der Waals surface area contributed by atoms with Gasteiger partial charge in [-0.1, -0.05) is 6.07 Å². The number of anilines is 2. The molecule has 3 rings (SSSR count). The fourth-order valence-electron chi connectivity index (χ4n) is 3.47.